The predicted molar refractivity (Wildman–Crippen MR) is 436 cm³/mol. The number of benzene rings is 8. The fourth-order valence-corrected chi connectivity index (χ4v) is 10.1. The number of aromatic nitrogens is 12. The maximum atomic E-state index is 4.68. The number of hydrogen-bond acceptors (Lipinski definition) is 4. The average molecular weight is 1310 g/mol. The Balaban J connectivity index is 0. The van der Waals surface area contributed by atoms with E-state index in [0.29, 0.717) is 0 Å². The van der Waals surface area contributed by atoms with E-state index in [9.17, 15) is 0 Å². The highest BCUT2D eigenvalue weighted by atomic mass is 15.2. The molecule has 8 heterocycles. The maximum Gasteiger partial charge on any atom is 0.215 e. The third-order valence-electron chi connectivity index (χ3n) is 13.3. The van der Waals surface area contributed by atoms with Gasteiger partial charge in [-0.1, -0.05) is 291 Å². The summed E-state index contributed by atoms with van der Waals surface area (Å²) in [6, 6.07) is 66.5. The fraction of sp³-hybridized carbons (Fsp3) is 0.381. The van der Waals surface area contributed by atoms with E-state index in [1.807, 2.05) is 218 Å². The Hall–Kier alpha value is -9.16. The Morgan fingerprint density at radius 3 is 0.417 bits per heavy atom. The van der Waals surface area contributed by atoms with Crippen LogP contribution in [0.4, 0.5) is 0 Å². The molecule has 12 heteroatoms. The second-order valence-electron chi connectivity index (χ2n) is 17.1. The van der Waals surface area contributed by atoms with Crippen LogP contribution >= 0.6 is 0 Å². The summed E-state index contributed by atoms with van der Waals surface area (Å²) >= 11 is 0. The molecule has 0 saturated carbocycles. The first-order valence-electron chi connectivity index (χ1n) is 36.7. The molecule has 0 unspecified atom stereocenters. The molecule has 0 fully saturated rings. The van der Waals surface area contributed by atoms with E-state index in [2.05, 4.69) is 254 Å². The topological polar surface area (TPSA) is 88.9 Å². The molecule has 8 aromatic carbocycles. The number of fused-ring (bicyclic) bond motifs is 20. The van der Waals surface area contributed by atoms with Gasteiger partial charge in [-0.3, -0.25) is 17.6 Å². The number of hydrogen-bond donors (Lipinski definition) is 0. The van der Waals surface area contributed by atoms with E-state index < -0.39 is 0 Å². The highest BCUT2D eigenvalue weighted by molar-refractivity contribution is 5.94. The molecule has 96 heavy (non-hydrogen) atoms. The molecule has 524 valence electrons. The molecule has 12 nitrogen and oxygen atoms in total. The minimum absolute atomic E-state index is 0.993. The van der Waals surface area contributed by atoms with Crippen molar-refractivity contribution < 1.29 is 0 Å². The number of imidazole rings is 8. The van der Waals surface area contributed by atoms with Gasteiger partial charge in [0.05, 0.1) is 88.3 Å². The zero-order valence-corrected chi connectivity index (χ0v) is 65.8. The van der Waals surface area contributed by atoms with Crippen LogP contribution in [0.15, 0.2) is 194 Å². The average Bonchev–Trinajstić information content (AvgIpc) is 1.62. The lowest BCUT2D eigenvalue weighted by Crippen LogP contribution is -1.87. The Kier molecular flexibility index (Phi) is 46.6. The van der Waals surface area contributed by atoms with Crippen molar-refractivity contribution in [1.29, 1.82) is 0 Å². The Morgan fingerprint density at radius 2 is 0.271 bits per heavy atom. The molecule has 0 saturated heterocycles. The molecule has 0 atom stereocenters. The normalized spacial score (nSPS) is 9.25. The van der Waals surface area contributed by atoms with Crippen LogP contribution in [0.1, 0.15) is 194 Å². The number of rotatable bonds is 0. The van der Waals surface area contributed by atoms with Crippen LogP contribution in [-0.4, -0.2) is 55.8 Å². The lowest BCUT2D eigenvalue weighted by Gasteiger charge is -1.94. The van der Waals surface area contributed by atoms with Gasteiger partial charge < -0.3 is 18.3 Å². The number of aryl methyl sites for hydroxylation is 4. The zero-order valence-electron chi connectivity index (χ0n) is 65.8. The molecular formula is C84H128N12. The second kappa shape index (κ2) is 50.3. The van der Waals surface area contributed by atoms with E-state index in [-0.39, 0.29) is 0 Å². The highest BCUT2D eigenvalue weighted by Gasteiger charge is 2.16. The minimum atomic E-state index is 0.993. The molecular weight excluding hydrogens is 1180 g/mol. The molecule has 16 rings (SSSR count). The van der Waals surface area contributed by atoms with Crippen molar-refractivity contribution >= 4 is 111 Å². The summed E-state index contributed by atoms with van der Waals surface area (Å²) in [6.07, 6.45) is 0. The van der Waals surface area contributed by atoms with Gasteiger partial charge in [0.1, 0.15) is 0 Å². The summed E-state index contributed by atoms with van der Waals surface area (Å²) in [4.78, 5) is 18.7. The van der Waals surface area contributed by atoms with E-state index in [1.54, 1.807) is 0 Å². The van der Waals surface area contributed by atoms with Crippen molar-refractivity contribution in [2.45, 2.75) is 194 Å². The van der Waals surface area contributed by atoms with Crippen LogP contribution in [0.3, 0.4) is 0 Å². The van der Waals surface area contributed by atoms with Gasteiger partial charge in [-0.2, -0.15) is 0 Å². The molecule has 0 bridgehead atoms. The van der Waals surface area contributed by atoms with E-state index in [0.717, 1.165) is 45.2 Å². The zero-order chi connectivity index (χ0) is 73.6. The summed E-state index contributed by atoms with van der Waals surface area (Å²) < 4.78 is 17.4. The van der Waals surface area contributed by atoms with Crippen molar-refractivity contribution in [3.8, 4) is 0 Å². The SMILES string of the molecule is CC.CC.CC.CC.CC.CC.CC.CC.CC.CC.CC.CC.CC.CC.Cn1c2ccccc2n2c3ccccc3nc12.Cn1c2ccccc2n2c3ccccc3nc12.Cn1c2ccccc2n2c3ccccc3nc12.Cn1c2ccccc2n2c3ccccc3nc12. The highest BCUT2D eigenvalue weighted by Crippen LogP contribution is 2.29. The van der Waals surface area contributed by atoms with Gasteiger partial charge in [0.15, 0.2) is 0 Å². The fourth-order valence-electron chi connectivity index (χ4n) is 10.1. The smallest absolute Gasteiger partial charge is 0.215 e. The molecule has 8 aromatic heterocycles. The van der Waals surface area contributed by atoms with Crippen molar-refractivity contribution in [3.05, 3.63) is 194 Å². The van der Waals surface area contributed by atoms with Crippen LogP contribution in [0.5, 0.6) is 0 Å². The molecule has 0 radical (unpaired) electrons. The van der Waals surface area contributed by atoms with Crippen LogP contribution in [-0.2, 0) is 28.2 Å². The van der Waals surface area contributed by atoms with Gasteiger partial charge >= 0.3 is 0 Å². The predicted octanol–water partition coefficient (Wildman–Crippen LogP) is 26.3. The van der Waals surface area contributed by atoms with E-state index in [4.69, 9.17) is 0 Å². The summed E-state index contributed by atoms with van der Waals surface area (Å²) in [7, 11) is 8.24. The largest absolute Gasteiger partial charge is 0.313 e. The lowest BCUT2D eigenvalue weighted by molar-refractivity contribution is 0.973. The van der Waals surface area contributed by atoms with Crippen molar-refractivity contribution in [3.63, 3.8) is 0 Å². The first-order chi connectivity index (χ1) is 47.4. The third kappa shape index (κ3) is 19.5. The maximum absolute atomic E-state index is 4.68. The van der Waals surface area contributed by atoms with Gasteiger partial charge in [0.25, 0.3) is 0 Å². The summed E-state index contributed by atoms with van der Waals surface area (Å²) in [5.74, 6) is 3.97. The van der Waals surface area contributed by atoms with Crippen LogP contribution in [0.2, 0.25) is 0 Å². The van der Waals surface area contributed by atoms with Gasteiger partial charge in [-0.05, 0) is 97.1 Å². The van der Waals surface area contributed by atoms with Crippen LogP contribution in [0.25, 0.3) is 111 Å². The Morgan fingerprint density at radius 1 is 0.156 bits per heavy atom. The lowest BCUT2D eigenvalue weighted by atomic mass is 10.3. The van der Waals surface area contributed by atoms with Crippen LogP contribution in [0, 0.1) is 0 Å². The first-order valence-corrected chi connectivity index (χ1v) is 36.7. The molecule has 0 amide bonds. The molecule has 0 spiro atoms. The number of para-hydroxylation sites is 16. The van der Waals surface area contributed by atoms with Gasteiger partial charge in [-0.25, -0.2) is 19.9 Å². The minimum Gasteiger partial charge on any atom is -0.313 e. The van der Waals surface area contributed by atoms with Gasteiger partial charge in [0, 0.05) is 28.2 Å². The summed E-state index contributed by atoms with van der Waals surface area (Å²) in [5, 5.41) is 0. The first kappa shape index (κ1) is 88.9. The molecule has 0 aliphatic carbocycles. The van der Waals surface area contributed by atoms with Crippen molar-refractivity contribution in [1.82, 2.24) is 55.8 Å². The number of nitrogens with zero attached hydrogens (tertiary/aromatic N) is 12. The van der Waals surface area contributed by atoms with Crippen molar-refractivity contribution in [2.24, 2.45) is 28.2 Å². The standard InChI is InChI=1S/4C14H11N3.14C2H6/c4*1-16-12-8-4-5-9-13(12)17-11-7-3-2-6-10(11)15-14(16)17;14*1-2/h4*2-9H,1H3;14*1-2H3. The van der Waals surface area contributed by atoms with Gasteiger partial charge in [0.2, 0.25) is 23.1 Å². The van der Waals surface area contributed by atoms with Gasteiger partial charge in [-0.15, -0.1) is 0 Å². The van der Waals surface area contributed by atoms with E-state index >= 15 is 0 Å². The quantitative estimate of drug-likeness (QED) is 0.151. The Bertz CT molecular complexity index is 4000. The van der Waals surface area contributed by atoms with E-state index in [1.165, 1.54) is 66.2 Å². The molecule has 0 aliphatic rings. The molecule has 0 aliphatic heterocycles. The third-order valence-corrected chi connectivity index (χ3v) is 13.3. The molecule has 16 aromatic rings. The Labute approximate surface area is 580 Å². The second-order valence-corrected chi connectivity index (χ2v) is 17.1. The van der Waals surface area contributed by atoms with Crippen LogP contribution < -0.4 is 0 Å². The monoisotopic (exact) mass is 1310 g/mol. The summed E-state index contributed by atoms with van der Waals surface area (Å²) in [5.41, 5.74) is 18.5. The van der Waals surface area contributed by atoms with Crippen molar-refractivity contribution in [2.75, 3.05) is 0 Å². The molecule has 0 N–H and O–H groups in total. The summed E-state index contributed by atoms with van der Waals surface area (Å²) in [6.45, 7) is 56.0.